The van der Waals surface area contributed by atoms with Crippen LogP contribution in [-0.4, -0.2) is 13.1 Å². The maximum Gasteiger partial charge on any atom is 0.373 e. The van der Waals surface area contributed by atoms with Crippen molar-refractivity contribution in [1.82, 2.24) is 0 Å². The minimum atomic E-state index is -0.548. The van der Waals surface area contributed by atoms with Crippen LogP contribution < -0.4 is 4.74 Å². The summed E-state index contributed by atoms with van der Waals surface area (Å²) in [7, 11) is 1.28. The highest BCUT2D eigenvalue weighted by Gasteiger charge is 2.12. The molecule has 1 heterocycles. The molecule has 2 rings (SSSR count). The number of nitrogens with zero attached hydrogens (tertiary/aromatic N) is 1. The standard InChI is InChI=1S/C14H10ClNO4/c1-18-14(17)13-5-3-10(20-13)8-19-12-4-2-9(7-16)6-11(12)15/h2-6H,8H2,1H3. The number of halogens is 1. The summed E-state index contributed by atoms with van der Waals surface area (Å²) in [6.45, 7) is 0.114. The highest BCUT2D eigenvalue weighted by Crippen LogP contribution is 2.26. The molecular weight excluding hydrogens is 282 g/mol. The van der Waals surface area contributed by atoms with E-state index in [1.165, 1.54) is 19.2 Å². The van der Waals surface area contributed by atoms with Crippen LogP contribution >= 0.6 is 11.6 Å². The van der Waals surface area contributed by atoms with Crippen molar-refractivity contribution in [2.45, 2.75) is 6.61 Å². The number of ether oxygens (including phenoxy) is 2. The van der Waals surface area contributed by atoms with Crippen molar-refractivity contribution in [3.8, 4) is 11.8 Å². The van der Waals surface area contributed by atoms with Gasteiger partial charge in [0.2, 0.25) is 5.76 Å². The van der Waals surface area contributed by atoms with Crippen LogP contribution in [0.1, 0.15) is 21.9 Å². The van der Waals surface area contributed by atoms with E-state index in [0.717, 1.165) is 0 Å². The smallest absolute Gasteiger partial charge is 0.373 e. The molecule has 0 N–H and O–H groups in total. The van der Waals surface area contributed by atoms with E-state index in [4.69, 9.17) is 26.0 Å². The molecular formula is C14H10ClNO4. The summed E-state index contributed by atoms with van der Waals surface area (Å²) < 4.78 is 15.2. The second-order valence-electron chi connectivity index (χ2n) is 3.80. The fraction of sp³-hybridized carbons (Fsp3) is 0.143. The molecule has 1 aromatic carbocycles. The van der Waals surface area contributed by atoms with Crippen LogP contribution in [0.25, 0.3) is 0 Å². The van der Waals surface area contributed by atoms with Gasteiger partial charge in [-0.3, -0.25) is 0 Å². The van der Waals surface area contributed by atoms with E-state index in [9.17, 15) is 4.79 Å². The summed E-state index contributed by atoms with van der Waals surface area (Å²) in [5, 5.41) is 9.07. The average Bonchev–Trinajstić information content (AvgIpc) is 2.94. The summed E-state index contributed by atoms with van der Waals surface area (Å²) in [4.78, 5) is 11.2. The molecule has 0 saturated heterocycles. The Balaban J connectivity index is 2.04. The van der Waals surface area contributed by atoms with Crippen molar-refractivity contribution in [3.05, 3.63) is 52.4 Å². The van der Waals surface area contributed by atoms with E-state index in [0.29, 0.717) is 22.1 Å². The molecule has 2 aromatic rings. The zero-order valence-electron chi connectivity index (χ0n) is 10.6. The molecule has 0 unspecified atom stereocenters. The van der Waals surface area contributed by atoms with Gasteiger partial charge in [0, 0.05) is 0 Å². The first kappa shape index (κ1) is 14.0. The lowest BCUT2D eigenvalue weighted by molar-refractivity contribution is 0.0561. The van der Waals surface area contributed by atoms with Gasteiger partial charge in [-0.1, -0.05) is 11.6 Å². The minimum Gasteiger partial charge on any atom is -0.484 e. The number of benzene rings is 1. The molecule has 0 aliphatic carbocycles. The quantitative estimate of drug-likeness (QED) is 0.809. The van der Waals surface area contributed by atoms with Gasteiger partial charge in [0.25, 0.3) is 0 Å². The molecule has 0 atom stereocenters. The third-order valence-corrected chi connectivity index (χ3v) is 2.77. The van der Waals surface area contributed by atoms with Crippen molar-refractivity contribution < 1.29 is 18.7 Å². The largest absolute Gasteiger partial charge is 0.484 e. The molecule has 102 valence electrons. The van der Waals surface area contributed by atoms with Gasteiger partial charge >= 0.3 is 5.97 Å². The number of nitriles is 1. The lowest BCUT2D eigenvalue weighted by atomic mass is 10.2. The first-order valence-corrected chi connectivity index (χ1v) is 6.01. The number of hydrogen-bond donors (Lipinski definition) is 0. The average molecular weight is 292 g/mol. The van der Waals surface area contributed by atoms with Crippen LogP contribution in [0.4, 0.5) is 0 Å². The summed E-state index contributed by atoms with van der Waals surface area (Å²) in [6, 6.07) is 9.82. The molecule has 0 spiro atoms. The van der Waals surface area contributed by atoms with Crippen molar-refractivity contribution >= 4 is 17.6 Å². The number of carbonyl (C=O) groups excluding carboxylic acids is 1. The molecule has 1 aromatic heterocycles. The van der Waals surface area contributed by atoms with Gasteiger partial charge in [0.15, 0.2) is 0 Å². The van der Waals surface area contributed by atoms with Gasteiger partial charge in [0.1, 0.15) is 18.1 Å². The van der Waals surface area contributed by atoms with E-state index >= 15 is 0 Å². The second-order valence-corrected chi connectivity index (χ2v) is 4.21. The highest BCUT2D eigenvalue weighted by molar-refractivity contribution is 6.32. The van der Waals surface area contributed by atoms with Gasteiger partial charge in [-0.25, -0.2) is 4.79 Å². The SMILES string of the molecule is COC(=O)c1ccc(COc2ccc(C#N)cc2Cl)o1. The van der Waals surface area contributed by atoms with Crippen molar-refractivity contribution in [3.63, 3.8) is 0 Å². The molecule has 0 radical (unpaired) electrons. The maximum atomic E-state index is 11.2. The summed E-state index contributed by atoms with van der Waals surface area (Å²) >= 11 is 5.97. The van der Waals surface area contributed by atoms with E-state index in [1.54, 1.807) is 18.2 Å². The number of methoxy groups -OCH3 is 1. The summed E-state index contributed by atoms with van der Waals surface area (Å²) in [5.41, 5.74) is 0.452. The number of rotatable bonds is 4. The van der Waals surface area contributed by atoms with Crippen LogP contribution in [0.3, 0.4) is 0 Å². The van der Waals surface area contributed by atoms with Gasteiger partial charge in [-0.2, -0.15) is 5.26 Å². The number of carbonyl (C=O) groups is 1. The topological polar surface area (TPSA) is 72.5 Å². The molecule has 5 nitrogen and oxygen atoms in total. The van der Waals surface area contributed by atoms with Crippen LogP contribution in [0, 0.1) is 11.3 Å². The van der Waals surface area contributed by atoms with Crippen LogP contribution in [0.15, 0.2) is 34.7 Å². The fourth-order valence-electron chi connectivity index (χ4n) is 1.50. The summed E-state index contributed by atoms with van der Waals surface area (Å²) in [6.07, 6.45) is 0. The Kier molecular flexibility index (Phi) is 4.28. The lowest BCUT2D eigenvalue weighted by Crippen LogP contribution is -1.99. The third-order valence-electron chi connectivity index (χ3n) is 2.48. The van der Waals surface area contributed by atoms with Crippen LogP contribution in [-0.2, 0) is 11.3 Å². The Bertz CT molecular complexity index is 672. The highest BCUT2D eigenvalue weighted by atomic mass is 35.5. The van der Waals surface area contributed by atoms with Crippen molar-refractivity contribution in [2.24, 2.45) is 0 Å². The zero-order valence-corrected chi connectivity index (χ0v) is 11.3. The van der Waals surface area contributed by atoms with Crippen molar-refractivity contribution in [1.29, 1.82) is 5.26 Å². The predicted octanol–water partition coefficient (Wildman–Crippen LogP) is 3.17. The summed E-state index contributed by atoms with van der Waals surface area (Å²) in [5.74, 6) is 0.456. The Morgan fingerprint density at radius 3 is 2.85 bits per heavy atom. The minimum absolute atomic E-state index is 0.108. The van der Waals surface area contributed by atoms with E-state index in [-0.39, 0.29) is 12.4 Å². The second kappa shape index (κ2) is 6.13. The molecule has 0 fully saturated rings. The maximum absolute atomic E-state index is 11.2. The first-order chi connectivity index (χ1) is 9.63. The van der Waals surface area contributed by atoms with Gasteiger partial charge in [0.05, 0.1) is 23.8 Å². The zero-order chi connectivity index (χ0) is 14.5. The molecule has 0 aliphatic heterocycles. The molecule has 0 saturated carbocycles. The Morgan fingerprint density at radius 1 is 1.40 bits per heavy atom. The Morgan fingerprint density at radius 2 is 2.20 bits per heavy atom. The van der Waals surface area contributed by atoms with E-state index in [2.05, 4.69) is 4.74 Å². The van der Waals surface area contributed by atoms with Gasteiger partial charge < -0.3 is 13.9 Å². The molecule has 0 amide bonds. The van der Waals surface area contributed by atoms with Gasteiger partial charge in [-0.05, 0) is 30.3 Å². The fourth-order valence-corrected chi connectivity index (χ4v) is 1.74. The lowest BCUT2D eigenvalue weighted by Gasteiger charge is -2.06. The van der Waals surface area contributed by atoms with Crippen LogP contribution in [0.2, 0.25) is 5.02 Å². The third kappa shape index (κ3) is 3.11. The van der Waals surface area contributed by atoms with E-state index in [1.807, 2.05) is 6.07 Å². The molecule has 0 bridgehead atoms. The molecule has 6 heteroatoms. The van der Waals surface area contributed by atoms with Gasteiger partial charge in [-0.15, -0.1) is 0 Å². The number of hydrogen-bond acceptors (Lipinski definition) is 5. The molecule has 20 heavy (non-hydrogen) atoms. The predicted molar refractivity (Wildman–Crippen MR) is 70.5 cm³/mol. The number of esters is 1. The molecule has 0 aliphatic rings. The normalized spacial score (nSPS) is 9.85. The first-order valence-electron chi connectivity index (χ1n) is 5.63. The Labute approximate surface area is 120 Å². The monoisotopic (exact) mass is 291 g/mol. The number of furan rings is 1. The Hall–Kier alpha value is -2.45. The van der Waals surface area contributed by atoms with E-state index < -0.39 is 5.97 Å². The van der Waals surface area contributed by atoms with Crippen molar-refractivity contribution in [2.75, 3.05) is 7.11 Å². The van der Waals surface area contributed by atoms with Crippen LogP contribution in [0.5, 0.6) is 5.75 Å².